The number of carbonyl (C=O) groups excluding carboxylic acids is 1. The molecule has 0 saturated carbocycles. The fraction of sp³-hybridized carbons (Fsp3) is 0.364. The molecule has 3 nitrogen and oxygen atoms in total. The van der Waals surface area contributed by atoms with Crippen LogP contribution in [-0.2, 0) is 0 Å². The van der Waals surface area contributed by atoms with Crippen molar-refractivity contribution >= 4 is 17.4 Å². The fourth-order valence-electron chi connectivity index (χ4n) is 1.34. The number of Topliss-reactive ketones (excluding diaryl/α,β-unsaturated/α-hetero) is 1. The molecule has 0 amide bonds. The predicted molar refractivity (Wildman–Crippen MR) is 59.4 cm³/mol. The average molecular weight is 319 g/mol. The zero-order valence-electron chi connectivity index (χ0n) is 9.72. The Morgan fingerprint density at radius 2 is 1.95 bits per heavy atom. The minimum Gasteiger partial charge on any atom is -0.435 e. The van der Waals surface area contributed by atoms with E-state index in [1.165, 1.54) is 0 Å². The molecule has 1 rings (SSSR count). The van der Waals surface area contributed by atoms with Gasteiger partial charge in [0, 0.05) is 12.3 Å². The lowest BCUT2D eigenvalue weighted by atomic mass is 10.1. The Balaban J connectivity index is 3.12. The van der Waals surface area contributed by atoms with Crippen LogP contribution in [-0.4, -0.2) is 24.6 Å². The van der Waals surface area contributed by atoms with Crippen LogP contribution in [0.5, 0.6) is 11.5 Å². The number of hydrogen-bond acceptors (Lipinski definition) is 3. The number of halogens is 6. The lowest BCUT2D eigenvalue weighted by Gasteiger charge is -2.14. The van der Waals surface area contributed by atoms with Gasteiger partial charge in [-0.1, -0.05) is 0 Å². The van der Waals surface area contributed by atoms with Crippen molar-refractivity contribution < 1.29 is 36.2 Å². The molecule has 0 N–H and O–H groups in total. The SMILES string of the molecule is O=C(CCCl)c1cc(OC(F)F)ccc1OC(F)(F)F. The van der Waals surface area contributed by atoms with E-state index in [1.54, 1.807) is 0 Å². The molecule has 0 radical (unpaired) electrons. The number of ketones is 1. The molecule has 1 aromatic rings. The Morgan fingerprint density at radius 3 is 2.45 bits per heavy atom. The highest BCUT2D eigenvalue weighted by atomic mass is 35.5. The third-order valence-electron chi connectivity index (χ3n) is 2.02. The first kappa shape index (κ1) is 16.5. The first-order valence-corrected chi connectivity index (χ1v) is 5.70. The summed E-state index contributed by atoms with van der Waals surface area (Å²) in [7, 11) is 0. The highest BCUT2D eigenvalue weighted by Gasteiger charge is 2.33. The second-order valence-corrected chi connectivity index (χ2v) is 3.82. The van der Waals surface area contributed by atoms with Crippen LogP contribution in [0, 0.1) is 0 Å². The van der Waals surface area contributed by atoms with E-state index in [0.717, 1.165) is 18.2 Å². The molecule has 1 aromatic carbocycles. The van der Waals surface area contributed by atoms with Crippen LogP contribution in [0.3, 0.4) is 0 Å². The van der Waals surface area contributed by atoms with E-state index in [2.05, 4.69) is 9.47 Å². The third-order valence-corrected chi connectivity index (χ3v) is 2.21. The molecule has 0 spiro atoms. The lowest BCUT2D eigenvalue weighted by Crippen LogP contribution is -2.19. The maximum Gasteiger partial charge on any atom is 0.573 e. The van der Waals surface area contributed by atoms with Gasteiger partial charge >= 0.3 is 13.0 Å². The molecule has 0 fully saturated rings. The maximum absolute atomic E-state index is 12.2. The number of ether oxygens (including phenoxy) is 2. The van der Waals surface area contributed by atoms with Gasteiger partial charge in [-0.3, -0.25) is 4.79 Å². The second-order valence-electron chi connectivity index (χ2n) is 3.45. The first-order chi connectivity index (χ1) is 9.23. The number of hydrogen-bond donors (Lipinski definition) is 0. The molecule has 0 saturated heterocycles. The summed E-state index contributed by atoms with van der Waals surface area (Å²) in [5, 5.41) is 0. The van der Waals surface area contributed by atoms with E-state index in [-0.39, 0.29) is 12.3 Å². The molecular formula is C11H8ClF5O3. The van der Waals surface area contributed by atoms with Gasteiger partial charge < -0.3 is 9.47 Å². The van der Waals surface area contributed by atoms with Gasteiger partial charge in [0.05, 0.1) is 5.56 Å². The van der Waals surface area contributed by atoms with Crippen LogP contribution in [0.2, 0.25) is 0 Å². The van der Waals surface area contributed by atoms with Crippen molar-refractivity contribution in [2.45, 2.75) is 19.4 Å². The molecule has 0 aromatic heterocycles. The van der Waals surface area contributed by atoms with E-state index < -0.39 is 35.8 Å². The van der Waals surface area contributed by atoms with Gasteiger partial charge in [0.15, 0.2) is 5.78 Å². The Morgan fingerprint density at radius 1 is 1.30 bits per heavy atom. The Hall–Kier alpha value is -1.57. The van der Waals surface area contributed by atoms with E-state index in [4.69, 9.17) is 11.6 Å². The summed E-state index contributed by atoms with van der Waals surface area (Å²) in [6.07, 6.45) is -5.28. The maximum atomic E-state index is 12.2. The summed E-state index contributed by atoms with van der Waals surface area (Å²) in [6, 6.07) is 2.32. The van der Waals surface area contributed by atoms with Gasteiger partial charge in [-0.05, 0) is 18.2 Å². The number of benzene rings is 1. The summed E-state index contributed by atoms with van der Waals surface area (Å²) < 4.78 is 68.2. The highest BCUT2D eigenvalue weighted by Crippen LogP contribution is 2.31. The van der Waals surface area contributed by atoms with E-state index in [1.807, 2.05) is 0 Å². The van der Waals surface area contributed by atoms with Crippen molar-refractivity contribution in [2.75, 3.05) is 5.88 Å². The van der Waals surface area contributed by atoms with E-state index in [9.17, 15) is 26.7 Å². The molecule has 20 heavy (non-hydrogen) atoms. The van der Waals surface area contributed by atoms with Crippen LogP contribution < -0.4 is 9.47 Å². The molecule has 0 atom stereocenters. The molecular weight excluding hydrogens is 311 g/mol. The molecule has 0 aliphatic carbocycles. The molecule has 112 valence electrons. The average Bonchev–Trinajstić information content (AvgIpc) is 2.28. The van der Waals surface area contributed by atoms with Gasteiger partial charge in [-0.25, -0.2) is 0 Å². The Bertz CT molecular complexity index is 476. The molecule has 0 aliphatic heterocycles. The van der Waals surface area contributed by atoms with Gasteiger partial charge in [0.2, 0.25) is 0 Å². The standard InChI is InChI=1S/C11H8ClF5O3/c12-4-3-8(18)7-5-6(19-10(13)14)1-2-9(7)20-11(15,16)17/h1-2,5,10H,3-4H2. The van der Waals surface area contributed by atoms with Gasteiger partial charge in [-0.2, -0.15) is 8.78 Å². The Kier molecular flexibility index (Phi) is 5.55. The minimum atomic E-state index is -5.01. The summed E-state index contributed by atoms with van der Waals surface area (Å²) in [5.74, 6) is -2.16. The quantitative estimate of drug-likeness (QED) is 0.452. The summed E-state index contributed by atoms with van der Waals surface area (Å²) in [5.41, 5.74) is -0.527. The zero-order chi connectivity index (χ0) is 15.3. The predicted octanol–water partition coefficient (Wildman–Crippen LogP) is 4.00. The minimum absolute atomic E-state index is 0.135. The third kappa shape index (κ3) is 5.20. The van der Waals surface area contributed by atoms with Crippen molar-refractivity contribution in [3.8, 4) is 11.5 Å². The van der Waals surface area contributed by atoms with E-state index >= 15 is 0 Å². The zero-order valence-corrected chi connectivity index (χ0v) is 10.5. The van der Waals surface area contributed by atoms with Crippen molar-refractivity contribution in [3.63, 3.8) is 0 Å². The molecule has 0 heterocycles. The van der Waals surface area contributed by atoms with Crippen molar-refractivity contribution in [3.05, 3.63) is 23.8 Å². The molecule has 0 unspecified atom stereocenters. The summed E-state index contributed by atoms with van der Waals surface area (Å²) >= 11 is 5.32. The number of alkyl halides is 6. The molecule has 9 heteroatoms. The lowest BCUT2D eigenvalue weighted by molar-refractivity contribution is -0.274. The van der Waals surface area contributed by atoms with Crippen LogP contribution in [0.15, 0.2) is 18.2 Å². The largest absolute Gasteiger partial charge is 0.573 e. The summed E-state index contributed by atoms with van der Waals surface area (Å²) in [6.45, 7) is -3.17. The van der Waals surface area contributed by atoms with Gasteiger partial charge in [0.1, 0.15) is 11.5 Å². The van der Waals surface area contributed by atoms with Crippen LogP contribution in [0.1, 0.15) is 16.8 Å². The fourth-order valence-corrected chi connectivity index (χ4v) is 1.51. The number of rotatable bonds is 6. The monoisotopic (exact) mass is 318 g/mol. The highest BCUT2D eigenvalue weighted by molar-refractivity contribution is 6.19. The van der Waals surface area contributed by atoms with Crippen molar-refractivity contribution in [1.82, 2.24) is 0 Å². The first-order valence-electron chi connectivity index (χ1n) is 5.16. The van der Waals surface area contributed by atoms with Crippen LogP contribution >= 0.6 is 11.6 Å². The number of carbonyl (C=O) groups is 1. The van der Waals surface area contributed by atoms with Crippen molar-refractivity contribution in [2.24, 2.45) is 0 Å². The summed E-state index contributed by atoms with van der Waals surface area (Å²) in [4.78, 5) is 11.6. The van der Waals surface area contributed by atoms with E-state index in [0.29, 0.717) is 0 Å². The van der Waals surface area contributed by atoms with Gasteiger partial charge in [0.25, 0.3) is 0 Å². The van der Waals surface area contributed by atoms with Gasteiger partial charge in [-0.15, -0.1) is 24.8 Å². The van der Waals surface area contributed by atoms with Crippen LogP contribution in [0.4, 0.5) is 22.0 Å². The van der Waals surface area contributed by atoms with Crippen LogP contribution in [0.25, 0.3) is 0 Å². The molecule has 0 aliphatic rings. The molecule has 0 bridgehead atoms. The normalized spacial score (nSPS) is 11.6. The smallest absolute Gasteiger partial charge is 0.435 e. The topological polar surface area (TPSA) is 35.5 Å². The van der Waals surface area contributed by atoms with Crippen molar-refractivity contribution in [1.29, 1.82) is 0 Å². The second kappa shape index (κ2) is 6.74. The Labute approximate surface area is 115 Å².